The zero-order valence-corrected chi connectivity index (χ0v) is 16.6. The summed E-state index contributed by atoms with van der Waals surface area (Å²) in [5.74, 6) is 2.31. The topological polar surface area (TPSA) is 56.1 Å². The van der Waals surface area contributed by atoms with Crippen molar-refractivity contribution in [3.05, 3.63) is 83.0 Å². The van der Waals surface area contributed by atoms with Gasteiger partial charge in [0.15, 0.2) is 0 Å². The van der Waals surface area contributed by atoms with Crippen LogP contribution in [-0.4, -0.2) is 21.6 Å². The Morgan fingerprint density at radius 2 is 1.89 bits per heavy atom. The van der Waals surface area contributed by atoms with Crippen LogP contribution in [0.25, 0.3) is 0 Å². The first-order chi connectivity index (χ1) is 13.7. The molecule has 0 spiro atoms. The average molecular weight is 394 g/mol. The van der Waals surface area contributed by atoms with E-state index < -0.39 is 6.09 Å². The van der Waals surface area contributed by atoms with Gasteiger partial charge in [0.1, 0.15) is 0 Å². The molecule has 0 radical (unpaired) electrons. The molecule has 0 aliphatic carbocycles. The minimum atomic E-state index is -0.473. The van der Waals surface area contributed by atoms with Gasteiger partial charge in [0.05, 0.1) is 12.6 Å². The number of ether oxygens (including phenoxy) is 1. The van der Waals surface area contributed by atoms with E-state index in [1.807, 2.05) is 71.9 Å². The molecule has 1 atom stereocenters. The fourth-order valence-electron chi connectivity index (χ4n) is 3.37. The summed E-state index contributed by atoms with van der Waals surface area (Å²) in [4.78, 5) is 12.5. The van der Waals surface area contributed by atoms with Gasteiger partial charge in [-0.2, -0.15) is 11.8 Å². The molecule has 0 fully saturated rings. The lowest BCUT2D eigenvalue weighted by Gasteiger charge is -2.15. The van der Waals surface area contributed by atoms with Crippen LogP contribution in [0.15, 0.2) is 60.7 Å². The van der Waals surface area contributed by atoms with Crippen LogP contribution in [0, 0.1) is 0 Å². The fourth-order valence-corrected chi connectivity index (χ4v) is 4.34. The molecule has 28 heavy (non-hydrogen) atoms. The number of nitrogens with one attached hydrogen (secondary N) is 1. The quantitative estimate of drug-likeness (QED) is 0.690. The summed E-state index contributed by atoms with van der Waals surface area (Å²) in [7, 11) is 0. The van der Waals surface area contributed by atoms with E-state index in [-0.39, 0.29) is 6.04 Å². The Labute approximate surface area is 169 Å². The number of amides is 1. The van der Waals surface area contributed by atoms with E-state index in [1.165, 1.54) is 11.3 Å². The van der Waals surface area contributed by atoms with Gasteiger partial charge < -0.3 is 10.1 Å². The number of benzene rings is 2. The first-order valence-electron chi connectivity index (χ1n) is 9.44. The Bertz CT molecular complexity index is 941. The number of aromatic nitrogens is 2. The van der Waals surface area contributed by atoms with Gasteiger partial charge in [0.25, 0.3) is 0 Å². The lowest BCUT2D eigenvalue weighted by Crippen LogP contribution is -2.30. The second-order valence-corrected chi connectivity index (χ2v) is 7.95. The summed E-state index contributed by atoms with van der Waals surface area (Å²) in [6, 6.07) is 19.9. The molecule has 1 aliphatic rings. The molecule has 1 N–H and O–H groups in total. The molecule has 1 amide bonds. The summed E-state index contributed by atoms with van der Waals surface area (Å²) in [5.41, 5.74) is 4.42. The molecule has 0 saturated carbocycles. The molecular weight excluding hydrogens is 370 g/mol. The molecular formula is C22H23N3O2S. The van der Waals surface area contributed by atoms with Gasteiger partial charge in [-0.15, -0.1) is 5.10 Å². The molecule has 6 heteroatoms. The van der Waals surface area contributed by atoms with Crippen molar-refractivity contribution in [1.82, 2.24) is 15.1 Å². The predicted molar refractivity (Wildman–Crippen MR) is 112 cm³/mol. The molecule has 0 unspecified atom stereocenters. The van der Waals surface area contributed by atoms with Crippen LogP contribution in [0.5, 0.6) is 5.88 Å². The molecule has 5 nitrogen and oxygen atoms in total. The van der Waals surface area contributed by atoms with Crippen LogP contribution in [0.2, 0.25) is 0 Å². The van der Waals surface area contributed by atoms with Gasteiger partial charge in [0, 0.05) is 17.0 Å². The van der Waals surface area contributed by atoms with E-state index in [4.69, 9.17) is 4.74 Å². The van der Waals surface area contributed by atoms with E-state index in [0.29, 0.717) is 12.4 Å². The van der Waals surface area contributed by atoms with Crippen molar-refractivity contribution in [2.75, 3.05) is 5.75 Å². The van der Waals surface area contributed by atoms with E-state index in [0.717, 1.165) is 29.1 Å². The second-order valence-electron chi connectivity index (χ2n) is 6.84. The number of fused-ring (bicyclic) bond motifs is 1. The summed E-state index contributed by atoms with van der Waals surface area (Å²) in [5, 5.41) is 7.52. The Hall–Kier alpha value is -2.73. The van der Waals surface area contributed by atoms with Crippen molar-refractivity contribution >= 4 is 17.9 Å². The summed E-state index contributed by atoms with van der Waals surface area (Å²) >= 11 is 1.84. The molecule has 2 heterocycles. The minimum absolute atomic E-state index is 0.134. The third-order valence-electron chi connectivity index (χ3n) is 4.86. The Morgan fingerprint density at radius 3 is 2.64 bits per heavy atom. The largest absolute Gasteiger partial charge is 0.414 e. The number of thioether (sulfide) groups is 1. The van der Waals surface area contributed by atoms with Gasteiger partial charge in [-0.1, -0.05) is 60.7 Å². The second kappa shape index (κ2) is 8.52. The highest BCUT2D eigenvalue weighted by atomic mass is 32.2. The molecule has 0 bridgehead atoms. The van der Waals surface area contributed by atoms with Crippen LogP contribution < -0.4 is 10.1 Å². The smallest absolute Gasteiger partial charge is 0.389 e. The molecule has 3 aromatic rings. The monoisotopic (exact) mass is 393 g/mol. The highest BCUT2D eigenvalue weighted by Crippen LogP contribution is 2.32. The van der Waals surface area contributed by atoms with Gasteiger partial charge in [-0.05, 0) is 30.2 Å². The number of nitrogens with zero attached hydrogens (tertiary/aromatic N) is 2. The molecule has 1 aromatic heterocycles. The maximum absolute atomic E-state index is 12.5. The van der Waals surface area contributed by atoms with Crippen LogP contribution in [0.1, 0.15) is 35.3 Å². The molecule has 144 valence electrons. The number of hydrogen-bond acceptors (Lipinski definition) is 4. The normalized spacial score (nSPS) is 14.2. The lowest BCUT2D eigenvalue weighted by atomic mass is 10.1. The van der Waals surface area contributed by atoms with Gasteiger partial charge in [0.2, 0.25) is 5.88 Å². The maximum Gasteiger partial charge on any atom is 0.414 e. The van der Waals surface area contributed by atoms with Gasteiger partial charge >= 0.3 is 6.09 Å². The third kappa shape index (κ3) is 4.22. The van der Waals surface area contributed by atoms with Crippen molar-refractivity contribution in [2.45, 2.75) is 31.7 Å². The standard InChI is InChI=1S/C22H23N3O2S/c1-16(18-10-6-3-7-11-18)23-22(26)27-21-19-15-28-13-12-20(19)25(24-21)14-17-8-4-2-5-9-17/h2-11,16H,12-15H2,1H3,(H,23,26)/t16-/m1/s1. The molecule has 0 saturated heterocycles. The Balaban J connectivity index is 1.50. The van der Waals surface area contributed by atoms with Gasteiger partial charge in [-0.25, -0.2) is 4.79 Å². The first kappa shape index (κ1) is 18.6. The first-order valence-corrected chi connectivity index (χ1v) is 10.6. The highest BCUT2D eigenvalue weighted by molar-refractivity contribution is 7.98. The van der Waals surface area contributed by atoms with E-state index in [2.05, 4.69) is 22.5 Å². The summed E-state index contributed by atoms with van der Waals surface area (Å²) in [6.45, 7) is 2.62. The van der Waals surface area contributed by atoms with Crippen molar-refractivity contribution < 1.29 is 9.53 Å². The van der Waals surface area contributed by atoms with Gasteiger partial charge in [-0.3, -0.25) is 4.68 Å². The SMILES string of the molecule is C[C@@H](NC(=O)Oc1nn(Cc2ccccc2)c2c1CSCC2)c1ccccc1. The number of carbonyl (C=O) groups excluding carboxylic acids is 1. The van der Waals surface area contributed by atoms with Crippen molar-refractivity contribution in [3.8, 4) is 5.88 Å². The fraction of sp³-hybridized carbons (Fsp3) is 0.273. The zero-order chi connectivity index (χ0) is 19.3. The van der Waals surface area contributed by atoms with Crippen molar-refractivity contribution in [1.29, 1.82) is 0 Å². The van der Waals surface area contributed by atoms with Crippen molar-refractivity contribution in [3.63, 3.8) is 0 Å². The predicted octanol–water partition coefficient (Wildman–Crippen LogP) is 4.57. The molecule has 4 rings (SSSR count). The van der Waals surface area contributed by atoms with Crippen LogP contribution in [0.3, 0.4) is 0 Å². The van der Waals surface area contributed by atoms with Crippen LogP contribution >= 0.6 is 11.8 Å². The van der Waals surface area contributed by atoms with Crippen LogP contribution in [0.4, 0.5) is 4.79 Å². The van der Waals surface area contributed by atoms with Crippen molar-refractivity contribution in [2.24, 2.45) is 0 Å². The average Bonchev–Trinajstić information content (AvgIpc) is 3.06. The highest BCUT2D eigenvalue weighted by Gasteiger charge is 2.24. The van der Waals surface area contributed by atoms with E-state index in [9.17, 15) is 4.79 Å². The summed E-state index contributed by atoms with van der Waals surface area (Å²) < 4.78 is 7.61. The number of carbonyl (C=O) groups is 1. The third-order valence-corrected chi connectivity index (χ3v) is 5.84. The molecule has 2 aromatic carbocycles. The van der Waals surface area contributed by atoms with E-state index in [1.54, 1.807) is 0 Å². The summed E-state index contributed by atoms with van der Waals surface area (Å²) in [6.07, 6.45) is 0.463. The van der Waals surface area contributed by atoms with Crippen LogP contribution in [-0.2, 0) is 18.7 Å². The number of hydrogen-bond donors (Lipinski definition) is 1. The Morgan fingerprint density at radius 1 is 1.18 bits per heavy atom. The Kier molecular flexibility index (Phi) is 5.67. The maximum atomic E-state index is 12.5. The number of rotatable bonds is 5. The van der Waals surface area contributed by atoms with E-state index >= 15 is 0 Å². The minimum Gasteiger partial charge on any atom is -0.389 e. The zero-order valence-electron chi connectivity index (χ0n) is 15.8. The molecule has 1 aliphatic heterocycles. The lowest BCUT2D eigenvalue weighted by molar-refractivity contribution is 0.194.